The Labute approximate surface area is 111 Å². The highest BCUT2D eigenvalue weighted by Crippen LogP contribution is 2.28. The molecule has 2 rings (SSSR count). The molecule has 1 aromatic rings. The first kappa shape index (κ1) is 13.3. The molecule has 0 saturated carbocycles. The molecule has 1 saturated heterocycles. The summed E-state index contributed by atoms with van der Waals surface area (Å²) >= 11 is 1.53. The Morgan fingerprint density at radius 2 is 2.06 bits per heavy atom. The molecule has 18 heavy (non-hydrogen) atoms. The van der Waals surface area contributed by atoms with E-state index in [4.69, 9.17) is 9.47 Å². The molecule has 0 spiro atoms. The maximum absolute atomic E-state index is 11.5. The molecule has 2 heterocycles. The van der Waals surface area contributed by atoms with E-state index in [2.05, 4.69) is 9.88 Å². The Morgan fingerprint density at radius 3 is 2.61 bits per heavy atom. The first-order valence-corrected chi connectivity index (χ1v) is 6.79. The van der Waals surface area contributed by atoms with Crippen molar-refractivity contribution >= 4 is 22.4 Å². The van der Waals surface area contributed by atoms with Crippen LogP contribution in [0.25, 0.3) is 0 Å². The number of nitrogens with zero attached hydrogens (tertiary/aromatic N) is 2. The van der Waals surface area contributed by atoms with Gasteiger partial charge in [-0.3, -0.25) is 0 Å². The van der Waals surface area contributed by atoms with Crippen molar-refractivity contribution in [2.75, 3.05) is 25.1 Å². The number of hydrogen-bond acceptors (Lipinski definition) is 6. The lowest BCUT2D eigenvalue weighted by Gasteiger charge is -2.35. The fourth-order valence-electron chi connectivity index (χ4n) is 2.14. The van der Waals surface area contributed by atoms with Crippen LogP contribution in [0, 0.1) is 6.92 Å². The molecule has 2 atom stereocenters. The molecule has 1 aliphatic rings. The van der Waals surface area contributed by atoms with E-state index in [0.717, 1.165) is 23.1 Å². The number of morpholine rings is 1. The monoisotopic (exact) mass is 270 g/mol. The first-order valence-electron chi connectivity index (χ1n) is 5.97. The van der Waals surface area contributed by atoms with Gasteiger partial charge in [0.15, 0.2) is 10.8 Å². The topological polar surface area (TPSA) is 51.7 Å². The molecular formula is C12H18N2O3S. The van der Waals surface area contributed by atoms with E-state index in [9.17, 15) is 4.79 Å². The second-order valence-electron chi connectivity index (χ2n) is 4.56. The number of ether oxygens (including phenoxy) is 2. The largest absolute Gasteiger partial charge is 0.464 e. The highest BCUT2D eigenvalue weighted by Gasteiger charge is 2.26. The maximum atomic E-state index is 11.5. The van der Waals surface area contributed by atoms with Crippen LogP contribution in [0.3, 0.4) is 0 Å². The number of anilines is 1. The van der Waals surface area contributed by atoms with Crippen LogP contribution in [-0.2, 0) is 9.47 Å². The highest BCUT2D eigenvalue weighted by molar-refractivity contribution is 7.15. The van der Waals surface area contributed by atoms with Crippen molar-refractivity contribution in [1.29, 1.82) is 0 Å². The van der Waals surface area contributed by atoms with Crippen LogP contribution in [0.4, 0.5) is 5.13 Å². The minimum Gasteiger partial charge on any atom is -0.464 e. The molecule has 0 unspecified atom stereocenters. The fourth-order valence-corrected chi connectivity index (χ4v) is 3.05. The predicted octanol–water partition coefficient (Wildman–Crippen LogP) is 1.85. The van der Waals surface area contributed by atoms with Crippen molar-refractivity contribution in [3.63, 3.8) is 0 Å². The lowest BCUT2D eigenvalue weighted by atomic mass is 10.2. The molecule has 0 radical (unpaired) electrons. The van der Waals surface area contributed by atoms with Crippen LogP contribution < -0.4 is 4.90 Å². The third-order valence-corrected chi connectivity index (χ3v) is 3.89. The maximum Gasteiger partial charge on any atom is 0.357 e. The average Bonchev–Trinajstić information content (AvgIpc) is 2.69. The number of methoxy groups -OCH3 is 1. The lowest BCUT2D eigenvalue weighted by Crippen LogP contribution is -2.45. The van der Waals surface area contributed by atoms with E-state index in [-0.39, 0.29) is 18.2 Å². The van der Waals surface area contributed by atoms with Gasteiger partial charge in [-0.2, -0.15) is 0 Å². The van der Waals surface area contributed by atoms with Gasteiger partial charge >= 0.3 is 5.97 Å². The molecular weight excluding hydrogens is 252 g/mol. The van der Waals surface area contributed by atoms with E-state index < -0.39 is 0 Å². The summed E-state index contributed by atoms with van der Waals surface area (Å²) in [5, 5.41) is 0.870. The van der Waals surface area contributed by atoms with Crippen LogP contribution in [0.15, 0.2) is 0 Å². The zero-order valence-electron chi connectivity index (χ0n) is 11.1. The predicted molar refractivity (Wildman–Crippen MR) is 70.4 cm³/mol. The zero-order valence-corrected chi connectivity index (χ0v) is 11.9. The molecule has 0 amide bonds. The number of esters is 1. The Hall–Kier alpha value is -1.14. The summed E-state index contributed by atoms with van der Waals surface area (Å²) in [7, 11) is 1.37. The summed E-state index contributed by atoms with van der Waals surface area (Å²) in [6.07, 6.45) is 0.360. The molecule has 0 bridgehead atoms. The van der Waals surface area contributed by atoms with Crippen molar-refractivity contribution in [2.45, 2.75) is 33.0 Å². The fraction of sp³-hybridized carbons (Fsp3) is 0.667. The average molecular weight is 270 g/mol. The third kappa shape index (κ3) is 2.64. The highest BCUT2D eigenvalue weighted by atomic mass is 32.1. The third-order valence-electron chi connectivity index (χ3n) is 2.85. The standard InChI is InChI=1S/C12H18N2O3S/c1-7-5-14(6-8(2)17-7)12-13-10(9(3)18-12)11(15)16-4/h7-8H,5-6H2,1-4H3/t7-,8+. The van der Waals surface area contributed by atoms with Gasteiger partial charge < -0.3 is 14.4 Å². The van der Waals surface area contributed by atoms with E-state index in [1.54, 1.807) is 0 Å². The van der Waals surface area contributed by atoms with E-state index in [1.165, 1.54) is 18.4 Å². The number of rotatable bonds is 2. The van der Waals surface area contributed by atoms with Gasteiger partial charge in [0, 0.05) is 18.0 Å². The van der Waals surface area contributed by atoms with Crippen molar-refractivity contribution in [1.82, 2.24) is 4.98 Å². The number of aromatic nitrogens is 1. The quantitative estimate of drug-likeness (QED) is 0.768. The molecule has 0 aromatic carbocycles. The van der Waals surface area contributed by atoms with Crippen LogP contribution in [0.1, 0.15) is 29.2 Å². The van der Waals surface area contributed by atoms with Crippen molar-refractivity contribution in [3.05, 3.63) is 10.6 Å². The molecule has 0 aliphatic carbocycles. The second-order valence-corrected chi connectivity index (χ2v) is 5.74. The first-order chi connectivity index (χ1) is 8.51. The smallest absolute Gasteiger partial charge is 0.357 e. The van der Waals surface area contributed by atoms with Gasteiger partial charge in [-0.1, -0.05) is 0 Å². The Balaban J connectivity index is 2.21. The SMILES string of the molecule is COC(=O)c1nc(N2C[C@@H](C)O[C@@H](C)C2)sc1C. The second kappa shape index (κ2) is 5.24. The van der Waals surface area contributed by atoms with Gasteiger partial charge in [0.2, 0.25) is 0 Å². The van der Waals surface area contributed by atoms with Crippen LogP contribution in [-0.4, -0.2) is 43.4 Å². The van der Waals surface area contributed by atoms with Gasteiger partial charge in [-0.05, 0) is 20.8 Å². The van der Waals surface area contributed by atoms with Crippen molar-refractivity contribution in [3.8, 4) is 0 Å². The molecule has 1 aromatic heterocycles. The normalized spacial score (nSPS) is 24.1. The number of carbonyl (C=O) groups excluding carboxylic acids is 1. The number of hydrogen-bond donors (Lipinski definition) is 0. The zero-order chi connectivity index (χ0) is 13.3. The van der Waals surface area contributed by atoms with E-state index in [1.807, 2.05) is 20.8 Å². The molecule has 1 fully saturated rings. The van der Waals surface area contributed by atoms with Crippen LogP contribution >= 0.6 is 11.3 Å². The van der Waals surface area contributed by atoms with Gasteiger partial charge in [-0.25, -0.2) is 9.78 Å². The number of carbonyl (C=O) groups is 1. The number of aryl methyl sites for hydroxylation is 1. The Kier molecular flexibility index (Phi) is 3.87. The summed E-state index contributed by atoms with van der Waals surface area (Å²) in [4.78, 5) is 19.0. The summed E-state index contributed by atoms with van der Waals surface area (Å²) in [6.45, 7) is 7.59. The summed E-state index contributed by atoms with van der Waals surface area (Å²) in [5.41, 5.74) is 0.421. The van der Waals surface area contributed by atoms with Crippen molar-refractivity contribution in [2.24, 2.45) is 0 Å². The van der Waals surface area contributed by atoms with E-state index in [0.29, 0.717) is 5.69 Å². The number of thiazole rings is 1. The minimum absolute atomic E-state index is 0.180. The van der Waals surface area contributed by atoms with Gasteiger partial charge in [0.1, 0.15) is 0 Å². The minimum atomic E-state index is -0.371. The lowest BCUT2D eigenvalue weighted by molar-refractivity contribution is -0.00523. The molecule has 5 nitrogen and oxygen atoms in total. The summed E-state index contributed by atoms with van der Waals surface area (Å²) < 4.78 is 10.4. The summed E-state index contributed by atoms with van der Waals surface area (Å²) in [6, 6.07) is 0. The van der Waals surface area contributed by atoms with Gasteiger partial charge in [0.05, 0.1) is 19.3 Å². The van der Waals surface area contributed by atoms with Crippen molar-refractivity contribution < 1.29 is 14.3 Å². The van der Waals surface area contributed by atoms with Gasteiger partial charge in [-0.15, -0.1) is 11.3 Å². The Morgan fingerprint density at radius 1 is 1.44 bits per heavy atom. The molecule has 0 N–H and O–H groups in total. The molecule has 6 heteroatoms. The summed E-state index contributed by atoms with van der Waals surface area (Å²) in [5.74, 6) is -0.371. The van der Waals surface area contributed by atoms with E-state index >= 15 is 0 Å². The Bertz CT molecular complexity index is 437. The van der Waals surface area contributed by atoms with Crippen LogP contribution in [0.2, 0.25) is 0 Å². The molecule has 100 valence electrons. The van der Waals surface area contributed by atoms with Crippen LogP contribution in [0.5, 0.6) is 0 Å². The molecule has 1 aliphatic heterocycles. The van der Waals surface area contributed by atoms with Gasteiger partial charge in [0.25, 0.3) is 0 Å².